The van der Waals surface area contributed by atoms with Gasteiger partial charge in [-0.2, -0.15) is 0 Å². The van der Waals surface area contributed by atoms with Gasteiger partial charge in [-0.3, -0.25) is 0 Å². The molecule has 0 spiro atoms. The van der Waals surface area contributed by atoms with E-state index in [0.29, 0.717) is 5.02 Å². The second-order valence-corrected chi connectivity index (χ2v) is 5.60. The van der Waals surface area contributed by atoms with Crippen LogP contribution in [0.5, 0.6) is 0 Å². The molecule has 0 fully saturated rings. The Morgan fingerprint density at radius 2 is 2.00 bits per heavy atom. The Hall–Kier alpha value is -1.52. The number of hydrogen-bond donors (Lipinski definition) is 1. The normalized spacial score (nSPS) is 11.3. The van der Waals surface area contributed by atoms with E-state index in [1.54, 1.807) is 12.1 Å². The number of carboxylic acids is 1. The predicted molar refractivity (Wildman–Crippen MR) is 89.2 cm³/mol. The molecule has 0 radical (unpaired) electrons. The van der Waals surface area contributed by atoms with Gasteiger partial charge in [-0.25, -0.2) is 4.79 Å². The number of anilines is 1. The molecule has 1 aromatic rings. The average molecular weight is 311 g/mol. The van der Waals surface area contributed by atoms with Crippen LogP contribution in [-0.2, 0) is 4.79 Å². The van der Waals surface area contributed by atoms with Crippen LogP contribution < -0.4 is 4.90 Å². The SMILES string of the molecule is CCCN(CCN(C)C)c1ccc(Cl)cc1/C=C/C(=O)O. The molecule has 0 atom stereocenters. The topological polar surface area (TPSA) is 43.8 Å². The first kappa shape index (κ1) is 17.5. The van der Waals surface area contributed by atoms with E-state index in [-0.39, 0.29) is 0 Å². The number of carbonyl (C=O) groups is 1. The van der Waals surface area contributed by atoms with Crippen LogP contribution >= 0.6 is 11.6 Å². The fraction of sp³-hybridized carbons (Fsp3) is 0.438. The summed E-state index contributed by atoms with van der Waals surface area (Å²) >= 11 is 6.03. The minimum Gasteiger partial charge on any atom is -0.478 e. The summed E-state index contributed by atoms with van der Waals surface area (Å²) in [7, 11) is 4.08. The van der Waals surface area contributed by atoms with Gasteiger partial charge in [0.05, 0.1) is 0 Å². The van der Waals surface area contributed by atoms with E-state index in [2.05, 4.69) is 16.7 Å². The predicted octanol–water partition coefficient (Wildman–Crippen LogP) is 3.22. The maximum Gasteiger partial charge on any atom is 0.328 e. The summed E-state index contributed by atoms with van der Waals surface area (Å²) in [4.78, 5) is 15.1. The molecular formula is C16H23ClN2O2. The van der Waals surface area contributed by atoms with E-state index in [4.69, 9.17) is 16.7 Å². The third kappa shape index (κ3) is 6.19. The zero-order valence-corrected chi connectivity index (χ0v) is 13.6. The van der Waals surface area contributed by atoms with Crippen molar-refractivity contribution in [2.24, 2.45) is 0 Å². The number of hydrogen-bond acceptors (Lipinski definition) is 3. The van der Waals surface area contributed by atoms with Crippen LogP contribution in [0.25, 0.3) is 6.08 Å². The van der Waals surface area contributed by atoms with Crippen molar-refractivity contribution >= 4 is 29.3 Å². The van der Waals surface area contributed by atoms with Crippen LogP contribution in [0.1, 0.15) is 18.9 Å². The van der Waals surface area contributed by atoms with Gasteiger partial charge in [0.25, 0.3) is 0 Å². The molecule has 1 rings (SSSR count). The molecule has 0 aliphatic carbocycles. The van der Waals surface area contributed by atoms with Gasteiger partial charge in [-0.1, -0.05) is 18.5 Å². The molecule has 4 nitrogen and oxygen atoms in total. The summed E-state index contributed by atoms with van der Waals surface area (Å²) in [5.74, 6) is -0.962. The van der Waals surface area contributed by atoms with E-state index >= 15 is 0 Å². The molecule has 1 aromatic carbocycles. The molecule has 0 aliphatic heterocycles. The maximum atomic E-state index is 10.7. The van der Waals surface area contributed by atoms with Gasteiger partial charge < -0.3 is 14.9 Å². The summed E-state index contributed by atoms with van der Waals surface area (Å²) in [6.07, 6.45) is 3.77. The van der Waals surface area contributed by atoms with Crippen molar-refractivity contribution in [2.75, 3.05) is 38.6 Å². The van der Waals surface area contributed by atoms with Gasteiger partial charge in [-0.15, -0.1) is 0 Å². The lowest BCUT2D eigenvalue weighted by atomic mass is 10.1. The third-order valence-electron chi connectivity index (χ3n) is 3.05. The van der Waals surface area contributed by atoms with Crippen LogP contribution in [0.2, 0.25) is 5.02 Å². The van der Waals surface area contributed by atoms with Gasteiger partial charge in [-0.05, 0) is 50.4 Å². The summed E-state index contributed by atoms with van der Waals surface area (Å²) in [5, 5.41) is 9.42. The minimum absolute atomic E-state index is 0.604. The average Bonchev–Trinajstić information content (AvgIpc) is 2.41. The van der Waals surface area contributed by atoms with E-state index < -0.39 is 5.97 Å². The number of halogens is 1. The molecule has 0 saturated carbocycles. The van der Waals surface area contributed by atoms with Gasteiger partial charge in [0.1, 0.15) is 0 Å². The van der Waals surface area contributed by atoms with Crippen LogP contribution in [-0.4, -0.2) is 49.7 Å². The van der Waals surface area contributed by atoms with Crippen molar-refractivity contribution in [3.8, 4) is 0 Å². The fourth-order valence-corrected chi connectivity index (χ4v) is 2.23. The second-order valence-electron chi connectivity index (χ2n) is 5.17. The highest BCUT2D eigenvalue weighted by molar-refractivity contribution is 6.30. The summed E-state index contributed by atoms with van der Waals surface area (Å²) < 4.78 is 0. The molecule has 116 valence electrons. The summed E-state index contributed by atoms with van der Waals surface area (Å²) in [6, 6.07) is 5.59. The van der Waals surface area contributed by atoms with Crippen molar-refractivity contribution in [2.45, 2.75) is 13.3 Å². The molecule has 1 N–H and O–H groups in total. The largest absolute Gasteiger partial charge is 0.478 e. The van der Waals surface area contributed by atoms with E-state index in [9.17, 15) is 4.79 Å². The van der Waals surface area contributed by atoms with Crippen molar-refractivity contribution in [1.82, 2.24) is 4.90 Å². The number of benzene rings is 1. The zero-order valence-electron chi connectivity index (χ0n) is 12.8. The first-order valence-electron chi connectivity index (χ1n) is 7.04. The second kappa shape index (κ2) is 8.70. The molecule has 5 heteroatoms. The van der Waals surface area contributed by atoms with Gasteiger partial charge in [0.2, 0.25) is 0 Å². The van der Waals surface area contributed by atoms with Crippen LogP contribution in [0.3, 0.4) is 0 Å². The highest BCUT2D eigenvalue weighted by atomic mass is 35.5. The smallest absolute Gasteiger partial charge is 0.328 e. The molecular weight excluding hydrogens is 288 g/mol. The van der Waals surface area contributed by atoms with Gasteiger partial charge >= 0.3 is 5.97 Å². The van der Waals surface area contributed by atoms with E-state index in [1.165, 1.54) is 0 Å². The standard InChI is InChI=1S/C16H23ClN2O2/c1-4-9-19(11-10-18(2)3)15-7-6-14(17)12-13(15)5-8-16(20)21/h5-8,12H,4,9-11H2,1-3H3,(H,20,21)/b8-5+. The molecule has 0 aliphatic rings. The number of likely N-dealkylation sites (N-methyl/N-ethyl adjacent to an activating group) is 1. The Bertz CT molecular complexity index is 501. The van der Waals surface area contributed by atoms with Crippen molar-refractivity contribution in [3.63, 3.8) is 0 Å². The zero-order chi connectivity index (χ0) is 15.8. The lowest BCUT2D eigenvalue weighted by molar-refractivity contribution is -0.131. The molecule has 21 heavy (non-hydrogen) atoms. The first-order valence-corrected chi connectivity index (χ1v) is 7.42. The molecule has 0 heterocycles. The lowest BCUT2D eigenvalue weighted by Gasteiger charge is -2.27. The molecule has 0 aromatic heterocycles. The number of aliphatic carboxylic acids is 1. The minimum atomic E-state index is -0.962. The van der Waals surface area contributed by atoms with E-state index in [1.807, 2.05) is 26.2 Å². The Balaban J connectivity index is 3.07. The Morgan fingerprint density at radius 3 is 2.57 bits per heavy atom. The number of carboxylic acid groups (broad SMARTS) is 1. The summed E-state index contributed by atoms with van der Waals surface area (Å²) in [6.45, 7) is 4.87. The van der Waals surface area contributed by atoms with Crippen molar-refractivity contribution < 1.29 is 9.90 Å². The Labute approximate surface area is 131 Å². The molecule has 0 unspecified atom stereocenters. The van der Waals surface area contributed by atoms with Crippen molar-refractivity contribution in [3.05, 3.63) is 34.9 Å². The van der Waals surface area contributed by atoms with Crippen molar-refractivity contribution in [1.29, 1.82) is 0 Å². The van der Waals surface area contributed by atoms with Crippen LogP contribution in [0, 0.1) is 0 Å². The van der Waals surface area contributed by atoms with Gasteiger partial charge in [0.15, 0.2) is 0 Å². The highest BCUT2D eigenvalue weighted by Gasteiger charge is 2.10. The number of rotatable bonds is 8. The van der Waals surface area contributed by atoms with Crippen LogP contribution in [0.4, 0.5) is 5.69 Å². The Morgan fingerprint density at radius 1 is 1.29 bits per heavy atom. The fourth-order valence-electron chi connectivity index (χ4n) is 2.05. The Kier molecular flexibility index (Phi) is 7.26. The molecule has 0 bridgehead atoms. The molecule has 0 saturated heterocycles. The third-order valence-corrected chi connectivity index (χ3v) is 3.28. The first-order chi connectivity index (χ1) is 9.93. The van der Waals surface area contributed by atoms with E-state index in [0.717, 1.165) is 43.4 Å². The molecule has 0 amide bonds. The number of nitrogens with zero attached hydrogens (tertiary/aromatic N) is 2. The summed E-state index contributed by atoms with van der Waals surface area (Å²) in [5.41, 5.74) is 1.85. The monoisotopic (exact) mass is 310 g/mol. The quantitative estimate of drug-likeness (QED) is 0.749. The van der Waals surface area contributed by atoms with Crippen LogP contribution in [0.15, 0.2) is 24.3 Å². The lowest BCUT2D eigenvalue weighted by Crippen LogP contribution is -2.32. The maximum absolute atomic E-state index is 10.7. The van der Waals surface area contributed by atoms with Gasteiger partial charge in [0, 0.05) is 36.4 Å². The highest BCUT2D eigenvalue weighted by Crippen LogP contribution is 2.26.